The highest BCUT2D eigenvalue weighted by molar-refractivity contribution is 6.22. The number of esters is 1. The van der Waals surface area contributed by atoms with Crippen molar-refractivity contribution in [3.05, 3.63) is 89.5 Å². The number of allylic oxidation sites excluding steroid dienone is 4. The molecule has 0 atom stereocenters. The fourth-order valence-corrected chi connectivity index (χ4v) is 2.83. The third-order valence-corrected chi connectivity index (χ3v) is 3.85. The van der Waals surface area contributed by atoms with E-state index in [4.69, 9.17) is 15.7 Å². The summed E-state index contributed by atoms with van der Waals surface area (Å²) in [5, 5.41) is 0. The summed E-state index contributed by atoms with van der Waals surface area (Å²) in [6.45, 7) is -2.51. The molecule has 2 aromatic carbocycles. The minimum Gasteiger partial charge on any atom is -0.423 e. The summed E-state index contributed by atoms with van der Waals surface area (Å²) >= 11 is 0. The topological polar surface area (TPSA) is 29.5 Å². The molecule has 0 fully saturated rings. The third kappa shape index (κ3) is 2.35. The lowest BCUT2D eigenvalue weighted by molar-refractivity contribution is -0.128. The molecule has 118 valence electrons. The van der Waals surface area contributed by atoms with E-state index in [-0.39, 0.29) is 17.7 Å². The molecule has 0 unspecified atom stereocenters. The Hall–Kier alpha value is -3.07. The van der Waals surface area contributed by atoms with Gasteiger partial charge in [-0.2, -0.15) is 0 Å². The molecule has 0 spiro atoms. The van der Waals surface area contributed by atoms with Gasteiger partial charge in [-0.25, -0.2) is 4.79 Å². The van der Waals surface area contributed by atoms with E-state index < -0.39 is 48.9 Å². The zero-order chi connectivity index (χ0) is 23.4. The Balaban J connectivity index is 1.89. The van der Waals surface area contributed by atoms with Gasteiger partial charge < -0.3 is 9.64 Å². The third-order valence-electron chi connectivity index (χ3n) is 3.85. The number of benzene rings is 2. The molecule has 2 aromatic rings. The first-order valence-corrected chi connectivity index (χ1v) is 7.33. The maximum Gasteiger partial charge on any atom is 0.344 e. The molecule has 1 aliphatic carbocycles. The van der Waals surface area contributed by atoms with Crippen molar-refractivity contribution in [3.8, 4) is 5.75 Å². The number of carbonyl (C=O) groups excluding carboxylic acids is 1. The van der Waals surface area contributed by atoms with Crippen molar-refractivity contribution < 1.29 is 20.5 Å². The van der Waals surface area contributed by atoms with Gasteiger partial charge >= 0.3 is 5.97 Å². The SMILES string of the molecule is [2H]c1c([2H])c([2H])c(OC(=O)C2=C3CC=CC=C3N(C([2H])([2H])[2H])c3ccccc32)c([2H])c1[2H]. The van der Waals surface area contributed by atoms with E-state index in [0.29, 0.717) is 16.8 Å². The lowest BCUT2D eigenvalue weighted by Crippen LogP contribution is -2.27. The number of anilines is 1. The molecule has 2 aliphatic rings. The fraction of sp³-hybridized carbons (Fsp3) is 0.0952. The smallest absolute Gasteiger partial charge is 0.344 e. The molecule has 0 saturated carbocycles. The van der Waals surface area contributed by atoms with Crippen molar-refractivity contribution in [2.75, 3.05) is 11.9 Å². The van der Waals surface area contributed by atoms with Crippen molar-refractivity contribution in [3.63, 3.8) is 0 Å². The molecule has 4 rings (SSSR count). The summed E-state index contributed by atoms with van der Waals surface area (Å²) in [5.74, 6) is -1.51. The monoisotopic (exact) mass is 323 g/mol. The Kier molecular flexibility index (Phi) is 1.99. The molecule has 3 nitrogen and oxygen atoms in total. The van der Waals surface area contributed by atoms with E-state index in [0.717, 1.165) is 0 Å². The van der Waals surface area contributed by atoms with Crippen LogP contribution in [0.1, 0.15) is 23.0 Å². The predicted molar refractivity (Wildman–Crippen MR) is 95.7 cm³/mol. The summed E-state index contributed by atoms with van der Waals surface area (Å²) in [6, 6.07) is 3.37. The molecule has 0 amide bonds. The number of ether oxygens (including phenoxy) is 1. The number of fused-ring (bicyclic) bond motifs is 2. The molecule has 0 aromatic heterocycles. The molecule has 0 radical (unpaired) electrons. The van der Waals surface area contributed by atoms with E-state index in [1.54, 1.807) is 42.5 Å². The van der Waals surface area contributed by atoms with Crippen LogP contribution in [0.4, 0.5) is 5.69 Å². The first kappa shape index (κ1) is 8.15. The lowest BCUT2D eigenvalue weighted by Gasteiger charge is -2.34. The predicted octanol–water partition coefficient (Wildman–Crippen LogP) is 4.34. The fourth-order valence-electron chi connectivity index (χ4n) is 2.83. The van der Waals surface area contributed by atoms with Crippen LogP contribution in [0.15, 0.2) is 84.0 Å². The number of para-hydroxylation sites is 2. The quantitative estimate of drug-likeness (QED) is 0.608. The minimum absolute atomic E-state index is 0.0866. The van der Waals surface area contributed by atoms with Crippen molar-refractivity contribution in [1.82, 2.24) is 0 Å². The van der Waals surface area contributed by atoms with E-state index in [1.165, 1.54) is 4.90 Å². The van der Waals surface area contributed by atoms with Crippen LogP contribution in [-0.2, 0) is 4.79 Å². The van der Waals surface area contributed by atoms with E-state index in [2.05, 4.69) is 0 Å². The van der Waals surface area contributed by atoms with Crippen molar-refractivity contribution in [2.45, 2.75) is 6.42 Å². The molecular formula is C21H17NO2. The summed E-state index contributed by atoms with van der Waals surface area (Å²) in [5.41, 5.74) is 1.43. The lowest BCUT2D eigenvalue weighted by atomic mass is 9.87. The molecule has 0 N–H and O–H groups in total. The van der Waals surface area contributed by atoms with Gasteiger partial charge in [0.15, 0.2) is 0 Å². The molecule has 3 heteroatoms. The second kappa shape index (κ2) is 5.85. The van der Waals surface area contributed by atoms with Crippen molar-refractivity contribution in [2.24, 2.45) is 0 Å². The van der Waals surface area contributed by atoms with Gasteiger partial charge in [-0.3, -0.25) is 0 Å². The summed E-state index contributed by atoms with van der Waals surface area (Å²) in [7, 11) is 0. The van der Waals surface area contributed by atoms with Gasteiger partial charge in [0.1, 0.15) is 5.75 Å². The van der Waals surface area contributed by atoms with Crippen LogP contribution in [0, 0.1) is 0 Å². The molecule has 24 heavy (non-hydrogen) atoms. The van der Waals surface area contributed by atoms with Crippen LogP contribution in [0.5, 0.6) is 5.75 Å². The van der Waals surface area contributed by atoms with Gasteiger partial charge in [0.05, 0.1) is 12.4 Å². The van der Waals surface area contributed by atoms with Crippen molar-refractivity contribution in [1.29, 1.82) is 0 Å². The Morgan fingerprint density at radius 3 is 2.92 bits per heavy atom. The van der Waals surface area contributed by atoms with E-state index >= 15 is 0 Å². The van der Waals surface area contributed by atoms with Crippen LogP contribution < -0.4 is 9.64 Å². The summed E-state index contributed by atoms with van der Waals surface area (Å²) in [4.78, 5) is 14.5. The van der Waals surface area contributed by atoms with E-state index in [9.17, 15) is 4.79 Å². The van der Waals surface area contributed by atoms with Crippen LogP contribution in [0.3, 0.4) is 0 Å². The highest BCUT2D eigenvalue weighted by Gasteiger charge is 2.31. The number of likely N-dealkylation sites (N-methyl/N-ethyl adjacent to an activating group) is 1. The minimum atomic E-state index is -2.51. The molecule has 0 saturated heterocycles. The Morgan fingerprint density at radius 1 is 1.25 bits per heavy atom. The maximum absolute atomic E-state index is 13.3. The van der Waals surface area contributed by atoms with E-state index in [1.807, 2.05) is 0 Å². The van der Waals surface area contributed by atoms with Crippen LogP contribution in [0.2, 0.25) is 0 Å². The Morgan fingerprint density at radius 2 is 2.08 bits per heavy atom. The summed E-state index contributed by atoms with van der Waals surface area (Å²) in [6.07, 6.45) is 5.32. The van der Waals surface area contributed by atoms with Gasteiger partial charge in [0.25, 0.3) is 0 Å². The van der Waals surface area contributed by atoms with Gasteiger partial charge in [-0.15, -0.1) is 0 Å². The number of hydrogen-bond acceptors (Lipinski definition) is 3. The van der Waals surface area contributed by atoms with Gasteiger partial charge in [-0.05, 0) is 36.2 Å². The zero-order valence-electron chi connectivity index (χ0n) is 20.5. The summed E-state index contributed by atoms with van der Waals surface area (Å²) < 4.78 is 68.6. The second-order valence-corrected chi connectivity index (χ2v) is 5.23. The Labute approximate surface area is 152 Å². The van der Waals surface area contributed by atoms with Crippen LogP contribution >= 0.6 is 0 Å². The molecule has 1 aliphatic heterocycles. The highest BCUT2D eigenvalue weighted by Crippen LogP contribution is 2.42. The first-order valence-electron chi connectivity index (χ1n) is 11.3. The average Bonchev–Trinajstić information content (AvgIpc) is 2.76. The molecular weight excluding hydrogens is 298 g/mol. The number of rotatable bonds is 2. The number of hydrogen-bond donors (Lipinski definition) is 0. The van der Waals surface area contributed by atoms with Gasteiger partial charge in [0.2, 0.25) is 0 Å². The Bertz CT molecular complexity index is 1210. The largest absolute Gasteiger partial charge is 0.423 e. The second-order valence-electron chi connectivity index (χ2n) is 5.23. The average molecular weight is 323 g/mol. The maximum atomic E-state index is 13.3. The normalized spacial score (nSPS) is 20.8. The van der Waals surface area contributed by atoms with Crippen LogP contribution in [-0.4, -0.2) is 12.9 Å². The zero-order valence-corrected chi connectivity index (χ0v) is 12.5. The van der Waals surface area contributed by atoms with Crippen LogP contribution in [0.25, 0.3) is 5.57 Å². The number of carbonyl (C=O) groups is 1. The molecule has 0 bridgehead atoms. The molecule has 1 heterocycles. The highest BCUT2D eigenvalue weighted by atomic mass is 16.5. The van der Waals surface area contributed by atoms with Gasteiger partial charge in [-0.1, -0.05) is 48.5 Å². The standard InChI is InChI=1S/C21H17NO2/c1-22-18-13-7-5-11-16(18)20(17-12-6-8-14-19(17)22)21(23)24-15-9-3-2-4-10-15/h2-11,13-14H,12H2,1H3/i1D3,2D,3D,4D,9D,10D. The first-order chi connectivity index (χ1) is 15.0. The number of nitrogens with zero attached hydrogens (tertiary/aromatic N) is 1. The van der Waals surface area contributed by atoms with Crippen molar-refractivity contribution >= 4 is 17.2 Å². The van der Waals surface area contributed by atoms with Gasteiger partial charge in [0, 0.05) is 28.0 Å².